The molecule has 0 aromatic heterocycles. The molecular weight excluding hydrogens is 368 g/mol. The highest BCUT2D eigenvalue weighted by Gasteiger charge is 2.27. The zero-order valence-corrected chi connectivity index (χ0v) is 16.8. The third-order valence-electron chi connectivity index (χ3n) is 3.75. The average molecular weight is 397 g/mol. The maximum atomic E-state index is 12.5. The first-order chi connectivity index (χ1) is 12.8. The van der Waals surface area contributed by atoms with Gasteiger partial charge in [0, 0.05) is 0 Å². The maximum Gasteiger partial charge on any atom is 0.408 e. The van der Waals surface area contributed by atoms with E-state index in [1.807, 2.05) is 50.4 Å². The van der Waals surface area contributed by atoms with Gasteiger partial charge in [-0.15, -0.1) is 0 Å². The molecule has 0 saturated heterocycles. The molecule has 0 fully saturated rings. The van der Waals surface area contributed by atoms with E-state index in [2.05, 4.69) is 10.6 Å². The van der Waals surface area contributed by atoms with E-state index in [4.69, 9.17) is 4.74 Å². The lowest BCUT2D eigenvalue weighted by Gasteiger charge is -2.22. The standard InChI is InChI=1S/C19H28N2O5S/c1-13(2)11-16(18(23)24)20-17(22)15(9-10-27-3)21-19(25)26-12-14-7-5-4-6-8-14/h4-8,13,15-16H,9-12H2,1-3H3,(H,20,22)(H,21,25)(H,23,24). The number of thioether (sulfide) groups is 1. The minimum absolute atomic E-state index is 0.0919. The number of rotatable bonds is 11. The van der Waals surface area contributed by atoms with Gasteiger partial charge >= 0.3 is 12.1 Å². The number of aliphatic carboxylic acids is 1. The smallest absolute Gasteiger partial charge is 0.408 e. The van der Waals surface area contributed by atoms with Crippen molar-refractivity contribution in [3.05, 3.63) is 35.9 Å². The van der Waals surface area contributed by atoms with Crippen LogP contribution in [0, 0.1) is 5.92 Å². The molecule has 0 aliphatic rings. The molecule has 0 bridgehead atoms. The number of carboxylic acids is 1. The van der Waals surface area contributed by atoms with E-state index in [0.29, 0.717) is 18.6 Å². The first-order valence-electron chi connectivity index (χ1n) is 8.82. The monoisotopic (exact) mass is 396 g/mol. The van der Waals surface area contributed by atoms with E-state index in [9.17, 15) is 19.5 Å². The maximum absolute atomic E-state index is 12.5. The Morgan fingerprint density at radius 3 is 2.33 bits per heavy atom. The van der Waals surface area contributed by atoms with Crippen molar-refractivity contribution in [3.63, 3.8) is 0 Å². The Hall–Kier alpha value is -2.22. The number of carboxylic acid groups (broad SMARTS) is 1. The molecule has 150 valence electrons. The number of benzene rings is 1. The Bertz CT molecular complexity index is 609. The number of hydrogen-bond acceptors (Lipinski definition) is 5. The number of carbonyl (C=O) groups is 3. The Morgan fingerprint density at radius 2 is 1.78 bits per heavy atom. The van der Waals surface area contributed by atoms with Crippen molar-refractivity contribution in [3.8, 4) is 0 Å². The molecular formula is C19H28N2O5S. The zero-order chi connectivity index (χ0) is 20.2. The summed E-state index contributed by atoms with van der Waals surface area (Å²) < 4.78 is 5.15. The zero-order valence-electron chi connectivity index (χ0n) is 15.9. The number of alkyl carbamates (subject to hydrolysis) is 1. The van der Waals surface area contributed by atoms with Crippen molar-refractivity contribution in [2.24, 2.45) is 5.92 Å². The third kappa shape index (κ3) is 9.33. The predicted octanol–water partition coefficient (Wildman–Crippen LogP) is 2.65. The summed E-state index contributed by atoms with van der Waals surface area (Å²) in [6, 6.07) is 7.36. The highest BCUT2D eigenvalue weighted by molar-refractivity contribution is 7.98. The molecule has 0 aliphatic carbocycles. The topological polar surface area (TPSA) is 105 Å². The second-order valence-corrected chi connectivity index (χ2v) is 7.55. The van der Waals surface area contributed by atoms with Crippen LogP contribution in [0.5, 0.6) is 0 Å². The lowest BCUT2D eigenvalue weighted by molar-refractivity contribution is -0.142. The molecule has 0 aliphatic heterocycles. The molecule has 0 spiro atoms. The molecule has 1 aromatic rings. The molecule has 2 unspecified atom stereocenters. The number of carbonyl (C=O) groups excluding carboxylic acids is 2. The van der Waals surface area contributed by atoms with Crippen molar-refractivity contribution in [1.29, 1.82) is 0 Å². The first-order valence-corrected chi connectivity index (χ1v) is 10.2. The number of hydrogen-bond donors (Lipinski definition) is 3. The van der Waals surface area contributed by atoms with Crippen molar-refractivity contribution in [2.75, 3.05) is 12.0 Å². The largest absolute Gasteiger partial charge is 0.480 e. The summed E-state index contributed by atoms with van der Waals surface area (Å²) in [5, 5.41) is 14.3. The summed E-state index contributed by atoms with van der Waals surface area (Å²) in [6.45, 7) is 3.85. The predicted molar refractivity (Wildman–Crippen MR) is 106 cm³/mol. The molecule has 3 N–H and O–H groups in total. The molecule has 2 amide bonds. The summed E-state index contributed by atoms with van der Waals surface area (Å²) >= 11 is 1.53. The van der Waals surface area contributed by atoms with Gasteiger partial charge in [0.05, 0.1) is 0 Å². The van der Waals surface area contributed by atoms with Crippen LogP contribution in [0.3, 0.4) is 0 Å². The number of ether oxygens (including phenoxy) is 1. The summed E-state index contributed by atoms with van der Waals surface area (Å²) in [4.78, 5) is 35.9. The van der Waals surface area contributed by atoms with E-state index in [1.54, 1.807) is 0 Å². The molecule has 0 saturated carbocycles. The highest BCUT2D eigenvalue weighted by atomic mass is 32.2. The van der Waals surface area contributed by atoms with Crippen molar-refractivity contribution >= 4 is 29.7 Å². The second kappa shape index (κ2) is 12.2. The van der Waals surface area contributed by atoms with E-state index < -0.39 is 30.1 Å². The van der Waals surface area contributed by atoms with Crippen LogP contribution in [0.2, 0.25) is 0 Å². The van der Waals surface area contributed by atoms with Crippen LogP contribution in [0.1, 0.15) is 32.3 Å². The van der Waals surface area contributed by atoms with Gasteiger partial charge in [-0.3, -0.25) is 4.79 Å². The van der Waals surface area contributed by atoms with Gasteiger partial charge in [-0.1, -0.05) is 44.2 Å². The minimum Gasteiger partial charge on any atom is -0.480 e. The second-order valence-electron chi connectivity index (χ2n) is 6.57. The first kappa shape index (κ1) is 22.8. The quantitative estimate of drug-likeness (QED) is 0.531. The number of nitrogens with one attached hydrogen (secondary N) is 2. The van der Waals surface area contributed by atoms with Gasteiger partial charge in [-0.25, -0.2) is 9.59 Å². The van der Waals surface area contributed by atoms with Gasteiger partial charge in [-0.2, -0.15) is 11.8 Å². The highest BCUT2D eigenvalue weighted by Crippen LogP contribution is 2.08. The van der Waals surface area contributed by atoms with Crippen LogP contribution in [0.25, 0.3) is 0 Å². The van der Waals surface area contributed by atoms with Crippen LogP contribution in [-0.4, -0.2) is 47.2 Å². The average Bonchev–Trinajstić information content (AvgIpc) is 2.63. The molecule has 8 heteroatoms. The van der Waals surface area contributed by atoms with E-state index >= 15 is 0 Å². The molecule has 0 radical (unpaired) electrons. The van der Waals surface area contributed by atoms with E-state index in [0.717, 1.165) is 5.56 Å². The van der Waals surface area contributed by atoms with Gasteiger partial charge < -0.3 is 20.5 Å². The summed E-state index contributed by atoms with van der Waals surface area (Å²) in [5.74, 6) is -0.861. The Labute approximate surface area is 164 Å². The van der Waals surface area contributed by atoms with Crippen LogP contribution < -0.4 is 10.6 Å². The fourth-order valence-corrected chi connectivity index (χ4v) is 2.85. The number of amides is 2. The van der Waals surface area contributed by atoms with Crippen molar-refractivity contribution in [2.45, 2.75) is 45.4 Å². The van der Waals surface area contributed by atoms with Crippen LogP contribution in [-0.2, 0) is 20.9 Å². The Morgan fingerprint density at radius 1 is 1.11 bits per heavy atom. The fraction of sp³-hybridized carbons (Fsp3) is 0.526. The van der Waals surface area contributed by atoms with Gasteiger partial charge in [0.25, 0.3) is 0 Å². The molecule has 1 rings (SSSR count). The van der Waals surface area contributed by atoms with E-state index in [-0.39, 0.29) is 12.5 Å². The summed E-state index contributed by atoms with van der Waals surface area (Å²) in [7, 11) is 0. The normalized spacial score (nSPS) is 12.9. The molecule has 7 nitrogen and oxygen atoms in total. The Balaban J connectivity index is 2.65. The Kier molecular flexibility index (Phi) is 10.3. The molecule has 1 aromatic carbocycles. The fourth-order valence-electron chi connectivity index (χ4n) is 2.38. The molecule has 2 atom stereocenters. The van der Waals surface area contributed by atoms with Gasteiger partial charge in [0.2, 0.25) is 5.91 Å². The molecule has 27 heavy (non-hydrogen) atoms. The van der Waals surface area contributed by atoms with Crippen LogP contribution in [0.15, 0.2) is 30.3 Å². The van der Waals surface area contributed by atoms with E-state index in [1.165, 1.54) is 11.8 Å². The summed E-state index contributed by atoms with van der Waals surface area (Å²) in [6.07, 6.45) is 1.87. The lowest BCUT2D eigenvalue weighted by atomic mass is 10.0. The van der Waals surface area contributed by atoms with Crippen molar-refractivity contribution < 1.29 is 24.2 Å². The SMILES string of the molecule is CSCCC(NC(=O)OCc1ccccc1)C(=O)NC(CC(C)C)C(=O)O. The minimum atomic E-state index is -1.09. The van der Waals surface area contributed by atoms with Crippen LogP contribution in [0.4, 0.5) is 4.79 Å². The van der Waals surface area contributed by atoms with Gasteiger partial charge in [-0.05, 0) is 36.3 Å². The third-order valence-corrected chi connectivity index (χ3v) is 4.40. The summed E-state index contributed by atoms with van der Waals surface area (Å²) in [5.41, 5.74) is 0.834. The van der Waals surface area contributed by atoms with Crippen molar-refractivity contribution in [1.82, 2.24) is 10.6 Å². The lowest BCUT2D eigenvalue weighted by Crippen LogP contribution is -2.52. The van der Waals surface area contributed by atoms with Crippen LogP contribution >= 0.6 is 11.8 Å². The van der Waals surface area contributed by atoms with Gasteiger partial charge in [0.1, 0.15) is 18.7 Å². The molecule has 0 heterocycles. The van der Waals surface area contributed by atoms with Gasteiger partial charge in [0.15, 0.2) is 0 Å².